The van der Waals surface area contributed by atoms with E-state index < -0.39 is 124 Å². The molecule has 17 atom stereocenters. The number of allylic oxidation sites excluding steroid dienone is 1. The number of aliphatic hydroxyl groups excluding tert-OH is 11. The van der Waals surface area contributed by atoms with E-state index in [4.69, 9.17) is 28.4 Å². The molecule has 0 aliphatic carbocycles. The van der Waals surface area contributed by atoms with Crippen molar-refractivity contribution in [3.05, 3.63) is 12.2 Å². The number of aliphatic hydroxyl groups is 11. The van der Waals surface area contributed by atoms with E-state index in [1.54, 1.807) is 6.08 Å². The Labute approximate surface area is 550 Å². The van der Waals surface area contributed by atoms with E-state index in [9.17, 15) is 61.0 Å². The molecule has 19 heteroatoms. The third-order valence-electron chi connectivity index (χ3n) is 19.1. The van der Waals surface area contributed by atoms with Crippen LogP contribution in [-0.2, 0) is 33.2 Å². The zero-order valence-corrected chi connectivity index (χ0v) is 57.1. The molecular weight excluding hydrogens is 1170 g/mol. The SMILES string of the molecule is CCCCCCCCCCCCCCCCCCCCCCCCCCCCCC/C=C/C(O)C(COC1OC(CO)C(OC2OC(CO)C(OC3OC(CO)C(O)C(O)C3O)C(O)C2O)C(O)C1O)NC(=O)CCCCCCCCCCCCCCCCCC. The quantitative estimate of drug-likeness (QED) is 0.0199. The summed E-state index contributed by atoms with van der Waals surface area (Å²) in [5, 5.41) is 121. The van der Waals surface area contributed by atoms with Gasteiger partial charge in [0.05, 0.1) is 38.6 Å². The van der Waals surface area contributed by atoms with E-state index in [1.807, 2.05) is 6.08 Å². The minimum Gasteiger partial charge on any atom is -0.394 e. The molecule has 3 aliphatic rings. The van der Waals surface area contributed by atoms with Gasteiger partial charge in [0.1, 0.15) is 73.2 Å². The molecule has 12 N–H and O–H groups in total. The van der Waals surface area contributed by atoms with Gasteiger partial charge < -0.3 is 89.9 Å². The Morgan fingerprint density at radius 3 is 1.03 bits per heavy atom. The van der Waals surface area contributed by atoms with E-state index in [0.717, 1.165) is 44.9 Å². The highest BCUT2D eigenvalue weighted by atomic mass is 16.8. The Morgan fingerprint density at radius 1 is 0.385 bits per heavy atom. The van der Waals surface area contributed by atoms with Crippen molar-refractivity contribution in [2.75, 3.05) is 26.4 Å². The number of rotatable bonds is 59. The minimum atomic E-state index is -1.98. The number of hydrogen-bond acceptors (Lipinski definition) is 18. The molecule has 0 saturated carbocycles. The van der Waals surface area contributed by atoms with Gasteiger partial charge in [-0.15, -0.1) is 0 Å². The molecule has 0 aromatic carbocycles. The van der Waals surface area contributed by atoms with Gasteiger partial charge in [0, 0.05) is 6.42 Å². The second kappa shape index (κ2) is 54.5. The van der Waals surface area contributed by atoms with E-state index >= 15 is 0 Å². The first-order valence-corrected chi connectivity index (χ1v) is 37.4. The molecule has 3 rings (SSSR count). The summed E-state index contributed by atoms with van der Waals surface area (Å²) >= 11 is 0. The number of ether oxygens (including phenoxy) is 6. The summed E-state index contributed by atoms with van der Waals surface area (Å²) in [4.78, 5) is 13.4. The maximum absolute atomic E-state index is 13.4. The summed E-state index contributed by atoms with van der Waals surface area (Å²) in [5.41, 5.74) is 0. The molecule has 3 fully saturated rings. The maximum atomic E-state index is 13.4. The highest BCUT2D eigenvalue weighted by molar-refractivity contribution is 5.76. The predicted octanol–water partition coefficient (Wildman–Crippen LogP) is 10.8. The number of hydrogen-bond donors (Lipinski definition) is 12. The van der Waals surface area contributed by atoms with Crippen molar-refractivity contribution in [3.63, 3.8) is 0 Å². The van der Waals surface area contributed by atoms with Gasteiger partial charge in [-0.05, 0) is 19.3 Å². The highest BCUT2D eigenvalue weighted by Gasteiger charge is 2.53. The lowest BCUT2D eigenvalue weighted by molar-refractivity contribution is -0.379. The number of amides is 1. The fraction of sp³-hybridized carbons (Fsp3) is 0.958. The van der Waals surface area contributed by atoms with Crippen LogP contribution in [0.25, 0.3) is 0 Å². The number of carbonyl (C=O) groups is 1. The Hall–Kier alpha value is -1.47. The van der Waals surface area contributed by atoms with Crippen LogP contribution in [0.2, 0.25) is 0 Å². The molecule has 0 radical (unpaired) electrons. The molecule has 0 aromatic rings. The van der Waals surface area contributed by atoms with Crippen LogP contribution in [0.5, 0.6) is 0 Å². The van der Waals surface area contributed by atoms with Crippen molar-refractivity contribution in [3.8, 4) is 0 Å². The van der Waals surface area contributed by atoms with Crippen LogP contribution in [-0.4, -0.2) is 193 Å². The van der Waals surface area contributed by atoms with Gasteiger partial charge in [0.15, 0.2) is 18.9 Å². The third kappa shape index (κ3) is 36.1. The normalized spacial score (nSPS) is 27.9. The summed E-state index contributed by atoms with van der Waals surface area (Å²) in [5.74, 6) is -0.269. The molecule has 17 unspecified atom stereocenters. The van der Waals surface area contributed by atoms with Gasteiger partial charge in [-0.3, -0.25) is 4.79 Å². The number of nitrogens with one attached hydrogen (secondary N) is 1. The summed E-state index contributed by atoms with van der Waals surface area (Å²) in [6, 6.07) is -0.969. The Morgan fingerprint density at radius 2 is 0.681 bits per heavy atom. The molecule has 3 saturated heterocycles. The monoisotopic (exact) mass is 1300 g/mol. The molecule has 1 amide bonds. The lowest BCUT2D eigenvalue weighted by Crippen LogP contribution is -2.66. The van der Waals surface area contributed by atoms with Gasteiger partial charge >= 0.3 is 0 Å². The van der Waals surface area contributed by atoms with Gasteiger partial charge in [0.2, 0.25) is 5.91 Å². The second-order valence-electron chi connectivity index (χ2n) is 27.1. The lowest BCUT2D eigenvalue weighted by Gasteiger charge is -2.48. The van der Waals surface area contributed by atoms with E-state index in [-0.39, 0.29) is 18.9 Å². The van der Waals surface area contributed by atoms with Crippen molar-refractivity contribution in [2.24, 2.45) is 0 Å². The van der Waals surface area contributed by atoms with Gasteiger partial charge in [0.25, 0.3) is 0 Å². The molecule has 3 aliphatic heterocycles. The van der Waals surface area contributed by atoms with E-state index in [0.29, 0.717) is 6.42 Å². The van der Waals surface area contributed by atoms with Crippen molar-refractivity contribution in [2.45, 2.75) is 413 Å². The fourth-order valence-corrected chi connectivity index (χ4v) is 13.0. The topological polar surface area (TPSA) is 307 Å². The van der Waals surface area contributed by atoms with E-state index in [2.05, 4.69) is 19.2 Å². The number of unbranched alkanes of at least 4 members (excludes halogenated alkanes) is 43. The third-order valence-corrected chi connectivity index (χ3v) is 19.1. The standard InChI is InChI=1S/C72H137NO18/c1-3-5-7-9-11-13-15-17-19-21-22-23-24-25-26-27-28-29-30-31-32-33-34-35-37-39-41-43-45-47-49-56(77)55(73-60(78)50-48-46-44-42-40-38-36-20-18-16-14-12-10-8-6-4-2)54-86-70-66(84)63(81)68(58(52-75)88-70)91-72-67(85)64(82)69(59(53-76)89-72)90-71-65(83)62(80)61(79)57(51-74)87-71/h47,49,55-59,61-72,74-77,79-85H,3-46,48,50-54H2,1-2H3,(H,73,78)/b49-47+. The average molecular weight is 1300 g/mol. The van der Waals surface area contributed by atoms with Crippen molar-refractivity contribution >= 4 is 5.91 Å². The summed E-state index contributed by atoms with van der Waals surface area (Å²) in [6.45, 7) is 1.78. The Bertz CT molecular complexity index is 1700. The van der Waals surface area contributed by atoms with Crippen LogP contribution < -0.4 is 5.32 Å². The van der Waals surface area contributed by atoms with E-state index in [1.165, 1.54) is 238 Å². The van der Waals surface area contributed by atoms with Gasteiger partial charge in [-0.2, -0.15) is 0 Å². The van der Waals surface area contributed by atoms with Crippen LogP contribution in [0.1, 0.15) is 309 Å². The Kier molecular flexibility index (Phi) is 50.2. The number of carbonyl (C=O) groups excluding carboxylic acids is 1. The average Bonchev–Trinajstić information content (AvgIpc) is 0.884. The first kappa shape index (κ1) is 83.8. The molecular formula is C72H137NO18. The van der Waals surface area contributed by atoms with Gasteiger partial charge in [-0.1, -0.05) is 296 Å². The van der Waals surface area contributed by atoms with Crippen molar-refractivity contribution < 1.29 is 89.4 Å². The molecule has 19 nitrogen and oxygen atoms in total. The van der Waals surface area contributed by atoms with Crippen LogP contribution in [0, 0.1) is 0 Å². The van der Waals surface area contributed by atoms with Gasteiger partial charge in [-0.25, -0.2) is 0 Å². The molecule has 538 valence electrons. The lowest BCUT2D eigenvalue weighted by atomic mass is 9.96. The fourth-order valence-electron chi connectivity index (χ4n) is 13.0. The summed E-state index contributed by atoms with van der Waals surface area (Å²) < 4.78 is 34.4. The van der Waals surface area contributed by atoms with Crippen LogP contribution in [0.4, 0.5) is 0 Å². The Balaban J connectivity index is 1.39. The molecule has 91 heavy (non-hydrogen) atoms. The predicted molar refractivity (Wildman–Crippen MR) is 356 cm³/mol. The maximum Gasteiger partial charge on any atom is 0.220 e. The minimum absolute atomic E-state index is 0.249. The van der Waals surface area contributed by atoms with Crippen LogP contribution >= 0.6 is 0 Å². The largest absolute Gasteiger partial charge is 0.394 e. The smallest absolute Gasteiger partial charge is 0.220 e. The zero-order valence-electron chi connectivity index (χ0n) is 57.1. The highest BCUT2D eigenvalue weighted by Crippen LogP contribution is 2.33. The van der Waals surface area contributed by atoms with Crippen LogP contribution in [0.3, 0.4) is 0 Å². The first-order chi connectivity index (χ1) is 44.3. The molecule has 3 heterocycles. The first-order valence-electron chi connectivity index (χ1n) is 37.4. The van der Waals surface area contributed by atoms with Crippen LogP contribution in [0.15, 0.2) is 12.2 Å². The second-order valence-corrected chi connectivity index (χ2v) is 27.1. The summed E-state index contributed by atoms with van der Waals surface area (Å²) in [7, 11) is 0. The molecule has 0 bridgehead atoms. The molecule has 0 aromatic heterocycles. The zero-order chi connectivity index (χ0) is 66.1. The van der Waals surface area contributed by atoms with Crippen molar-refractivity contribution in [1.29, 1.82) is 0 Å². The molecule has 0 spiro atoms. The summed E-state index contributed by atoms with van der Waals surface area (Å²) in [6.07, 6.45) is 34.9. The van der Waals surface area contributed by atoms with Crippen molar-refractivity contribution in [1.82, 2.24) is 5.32 Å².